The van der Waals surface area contributed by atoms with E-state index in [1.54, 1.807) is 18.0 Å². The predicted molar refractivity (Wildman–Crippen MR) is 80.8 cm³/mol. The van der Waals surface area contributed by atoms with Crippen LogP contribution in [0.15, 0.2) is 41.4 Å². The van der Waals surface area contributed by atoms with Crippen molar-refractivity contribution in [1.82, 2.24) is 10.4 Å². The number of nitrogens with two attached hydrogens (primary N) is 2. The molecule has 0 aliphatic carbocycles. The Morgan fingerprint density at radius 3 is 2.42 bits per heavy atom. The molecule has 100 valence electrons. The minimum atomic E-state index is -0.149. The van der Waals surface area contributed by atoms with Crippen LogP contribution in [-0.2, 0) is 0 Å². The van der Waals surface area contributed by atoms with E-state index < -0.39 is 0 Å². The normalized spacial score (nSPS) is 12.4. The zero-order valence-corrected chi connectivity index (χ0v) is 11.9. The monoisotopic (exact) mass is 274 g/mol. The summed E-state index contributed by atoms with van der Waals surface area (Å²) in [5.74, 6) is 6.22. The van der Waals surface area contributed by atoms with Gasteiger partial charge in [0.2, 0.25) is 0 Å². The summed E-state index contributed by atoms with van der Waals surface area (Å²) in [5.41, 5.74) is 11.9. The van der Waals surface area contributed by atoms with E-state index in [4.69, 9.17) is 11.6 Å². The Morgan fingerprint density at radius 1 is 1.21 bits per heavy atom. The van der Waals surface area contributed by atoms with Gasteiger partial charge >= 0.3 is 0 Å². The summed E-state index contributed by atoms with van der Waals surface area (Å²) < 4.78 is 0. The quantitative estimate of drug-likeness (QED) is 0.453. The van der Waals surface area contributed by atoms with Crippen LogP contribution in [0.3, 0.4) is 0 Å². The van der Waals surface area contributed by atoms with Gasteiger partial charge in [0, 0.05) is 16.7 Å². The standard InChI is InChI=1S/C14H18N4S/c1-9-7-8-17-14(15)12(9)13(18-16)10-3-5-11(19-2)6-4-10/h3-8,13,18H,16H2,1-2H3,(H2,15,17). The maximum atomic E-state index is 5.98. The molecule has 0 aliphatic heterocycles. The predicted octanol–water partition coefficient (Wildman–Crippen LogP) is 2.25. The van der Waals surface area contributed by atoms with Crippen LogP contribution < -0.4 is 17.0 Å². The number of benzene rings is 1. The molecule has 0 bridgehead atoms. The largest absolute Gasteiger partial charge is 0.383 e. The minimum absolute atomic E-state index is 0.149. The second-order valence-corrected chi connectivity index (χ2v) is 5.18. The molecule has 0 saturated heterocycles. The second-order valence-electron chi connectivity index (χ2n) is 4.30. The Balaban J connectivity index is 2.44. The van der Waals surface area contributed by atoms with Crippen LogP contribution in [0.4, 0.5) is 5.82 Å². The molecule has 1 heterocycles. The highest BCUT2D eigenvalue weighted by atomic mass is 32.2. The zero-order valence-electron chi connectivity index (χ0n) is 11.1. The molecule has 5 heteroatoms. The molecule has 1 atom stereocenters. The van der Waals surface area contributed by atoms with Gasteiger partial charge < -0.3 is 5.73 Å². The van der Waals surface area contributed by atoms with Crippen molar-refractivity contribution in [3.63, 3.8) is 0 Å². The fourth-order valence-corrected chi connectivity index (χ4v) is 2.52. The number of nitrogen functional groups attached to an aromatic ring is 1. The summed E-state index contributed by atoms with van der Waals surface area (Å²) in [7, 11) is 0. The molecule has 1 aromatic carbocycles. The number of hydrogen-bond acceptors (Lipinski definition) is 5. The van der Waals surface area contributed by atoms with Crippen molar-refractivity contribution in [2.24, 2.45) is 5.84 Å². The number of thioether (sulfide) groups is 1. The lowest BCUT2D eigenvalue weighted by molar-refractivity contribution is 0.633. The number of nitrogens with zero attached hydrogens (tertiary/aromatic N) is 1. The van der Waals surface area contributed by atoms with Crippen molar-refractivity contribution in [2.75, 3.05) is 12.0 Å². The Hall–Kier alpha value is -1.56. The molecule has 0 fully saturated rings. The average molecular weight is 274 g/mol. The average Bonchev–Trinajstić information content (AvgIpc) is 2.43. The highest BCUT2D eigenvalue weighted by Crippen LogP contribution is 2.28. The number of anilines is 1. The van der Waals surface area contributed by atoms with Gasteiger partial charge in [-0.25, -0.2) is 10.4 Å². The third-order valence-corrected chi connectivity index (χ3v) is 3.89. The molecule has 2 aromatic rings. The molecule has 5 N–H and O–H groups in total. The first-order valence-electron chi connectivity index (χ1n) is 5.98. The van der Waals surface area contributed by atoms with Gasteiger partial charge in [0.1, 0.15) is 5.82 Å². The van der Waals surface area contributed by atoms with E-state index in [2.05, 4.69) is 40.9 Å². The summed E-state index contributed by atoms with van der Waals surface area (Å²) >= 11 is 1.71. The lowest BCUT2D eigenvalue weighted by Gasteiger charge is -2.20. The molecule has 1 unspecified atom stereocenters. The Morgan fingerprint density at radius 2 is 1.89 bits per heavy atom. The van der Waals surface area contributed by atoms with Crippen molar-refractivity contribution >= 4 is 17.6 Å². The fraction of sp³-hybridized carbons (Fsp3) is 0.214. The summed E-state index contributed by atoms with van der Waals surface area (Å²) in [4.78, 5) is 5.36. The van der Waals surface area contributed by atoms with Crippen LogP contribution >= 0.6 is 11.8 Å². The number of rotatable bonds is 4. The minimum Gasteiger partial charge on any atom is -0.383 e. The first-order chi connectivity index (χ1) is 9.17. The molecule has 0 aliphatic rings. The van der Waals surface area contributed by atoms with Crippen molar-refractivity contribution in [3.8, 4) is 0 Å². The number of aromatic nitrogens is 1. The summed E-state index contributed by atoms with van der Waals surface area (Å²) in [5, 5.41) is 0. The molecule has 1 aromatic heterocycles. The highest BCUT2D eigenvalue weighted by Gasteiger charge is 2.18. The van der Waals surface area contributed by atoms with E-state index in [1.807, 2.05) is 13.0 Å². The van der Waals surface area contributed by atoms with Crippen LogP contribution in [0, 0.1) is 6.92 Å². The second kappa shape index (κ2) is 6.06. The van der Waals surface area contributed by atoms with Crippen LogP contribution in [-0.4, -0.2) is 11.2 Å². The third-order valence-electron chi connectivity index (χ3n) is 3.14. The molecule has 19 heavy (non-hydrogen) atoms. The molecule has 0 saturated carbocycles. The van der Waals surface area contributed by atoms with Gasteiger partial charge in [-0.3, -0.25) is 5.84 Å². The molecule has 0 radical (unpaired) electrons. The van der Waals surface area contributed by atoms with E-state index in [9.17, 15) is 0 Å². The SMILES string of the molecule is CSc1ccc(C(NN)c2c(C)ccnc2N)cc1. The van der Waals surface area contributed by atoms with Crippen molar-refractivity contribution in [2.45, 2.75) is 17.9 Å². The van der Waals surface area contributed by atoms with Gasteiger partial charge in [0.05, 0.1) is 6.04 Å². The summed E-state index contributed by atoms with van der Waals surface area (Å²) in [6.07, 6.45) is 3.76. The Labute approximate surface area is 117 Å². The molecule has 0 amide bonds. The lowest BCUT2D eigenvalue weighted by atomic mass is 9.96. The van der Waals surface area contributed by atoms with Crippen LogP contribution in [0.2, 0.25) is 0 Å². The van der Waals surface area contributed by atoms with Crippen molar-refractivity contribution in [1.29, 1.82) is 0 Å². The van der Waals surface area contributed by atoms with Crippen LogP contribution in [0.25, 0.3) is 0 Å². The van der Waals surface area contributed by atoms with Gasteiger partial charge in [-0.1, -0.05) is 12.1 Å². The molecular weight excluding hydrogens is 256 g/mol. The maximum absolute atomic E-state index is 5.98. The number of pyridine rings is 1. The Kier molecular flexibility index (Phi) is 4.42. The topological polar surface area (TPSA) is 77.0 Å². The molecule has 4 nitrogen and oxygen atoms in total. The molecule has 2 rings (SSSR count). The van der Waals surface area contributed by atoms with Gasteiger partial charge in [-0.2, -0.15) is 0 Å². The van der Waals surface area contributed by atoms with E-state index >= 15 is 0 Å². The van der Waals surface area contributed by atoms with E-state index in [1.165, 1.54) is 4.90 Å². The van der Waals surface area contributed by atoms with E-state index in [-0.39, 0.29) is 6.04 Å². The van der Waals surface area contributed by atoms with Gasteiger partial charge in [-0.05, 0) is 42.5 Å². The summed E-state index contributed by atoms with van der Waals surface area (Å²) in [6, 6.07) is 10.1. The lowest BCUT2D eigenvalue weighted by Crippen LogP contribution is -2.30. The molecular formula is C14H18N4S. The third kappa shape index (κ3) is 2.89. The molecule has 0 spiro atoms. The number of nitrogens with one attached hydrogen (secondary N) is 1. The Bertz CT molecular complexity index is 534. The zero-order chi connectivity index (χ0) is 13.8. The van der Waals surface area contributed by atoms with Crippen LogP contribution in [0.1, 0.15) is 22.7 Å². The van der Waals surface area contributed by atoms with Gasteiger partial charge in [0.25, 0.3) is 0 Å². The number of hydrogen-bond donors (Lipinski definition) is 3. The smallest absolute Gasteiger partial charge is 0.128 e. The number of aryl methyl sites for hydroxylation is 1. The first kappa shape index (κ1) is 13.9. The van der Waals surface area contributed by atoms with E-state index in [0.29, 0.717) is 5.82 Å². The van der Waals surface area contributed by atoms with Gasteiger partial charge in [0.15, 0.2) is 0 Å². The maximum Gasteiger partial charge on any atom is 0.128 e. The highest BCUT2D eigenvalue weighted by molar-refractivity contribution is 7.98. The first-order valence-corrected chi connectivity index (χ1v) is 7.21. The van der Waals surface area contributed by atoms with Crippen LogP contribution in [0.5, 0.6) is 0 Å². The summed E-state index contributed by atoms with van der Waals surface area (Å²) in [6.45, 7) is 2.01. The fourth-order valence-electron chi connectivity index (χ4n) is 2.11. The van der Waals surface area contributed by atoms with Crippen molar-refractivity contribution in [3.05, 3.63) is 53.2 Å². The van der Waals surface area contributed by atoms with Crippen molar-refractivity contribution < 1.29 is 0 Å². The van der Waals surface area contributed by atoms with Gasteiger partial charge in [-0.15, -0.1) is 11.8 Å². The van der Waals surface area contributed by atoms with E-state index in [0.717, 1.165) is 16.7 Å². The number of hydrazine groups is 1.